The van der Waals surface area contributed by atoms with Crippen LogP contribution >= 0.6 is 15.9 Å². The van der Waals surface area contributed by atoms with E-state index >= 15 is 0 Å². The molecule has 0 bridgehead atoms. The number of benzene rings is 1. The van der Waals surface area contributed by atoms with Gasteiger partial charge in [0.05, 0.1) is 5.52 Å². The Morgan fingerprint density at radius 2 is 1.95 bits per heavy atom. The summed E-state index contributed by atoms with van der Waals surface area (Å²) in [6.45, 7) is 0. The van der Waals surface area contributed by atoms with E-state index in [-0.39, 0.29) is 5.78 Å². The summed E-state index contributed by atoms with van der Waals surface area (Å²) in [5, 5.41) is 1.02. The van der Waals surface area contributed by atoms with E-state index in [1.54, 1.807) is 30.7 Å². The van der Waals surface area contributed by atoms with Gasteiger partial charge in [-0.05, 0) is 34.1 Å². The smallest absolute Gasteiger partial charge is 0.194 e. The van der Waals surface area contributed by atoms with Crippen LogP contribution in [-0.2, 0) is 0 Å². The molecule has 92 valence electrons. The second kappa shape index (κ2) is 4.90. The molecule has 3 rings (SSSR count). The zero-order valence-corrected chi connectivity index (χ0v) is 11.5. The molecule has 2 heterocycles. The van der Waals surface area contributed by atoms with Gasteiger partial charge < -0.3 is 0 Å². The third-order valence-corrected chi connectivity index (χ3v) is 3.27. The number of carbonyl (C=O) groups is 1. The topological polar surface area (TPSA) is 42.9 Å². The number of ketones is 1. The Labute approximate surface area is 118 Å². The summed E-state index contributed by atoms with van der Waals surface area (Å²) in [6, 6.07) is 11.1. The van der Waals surface area contributed by atoms with E-state index < -0.39 is 0 Å². The third kappa shape index (κ3) is 2.39. The van der Waals surface area contributed by atoms with E-state index in [9.17, 15) is 4.79 Å². The first-order chi connectivity index (χ1) is 9.24. The fourth-order valence-electron chi connectivity index (χ4n) is 1.91. The van der Waals surface area contributed by atoms with Crippen molar-refractivity contribution >= 4 is 32.6 Å². The van der Waals surface area contributed by atoms with Gasteiger partial charge in [0.15, 0.2) is 5.78 Å². The maximum absolute atomic E-state index is 12.4. The monoisotopic (exact) mass is 312 g/mol. The molecule has 0 N–H and O–H groups in total. The molecule has 4 heteroatoms. The highest BCUT2D eigenvalue weighted by Crippen LogP contribution is 2.17. The molecule has 19 heavy (non-hydrogen) atoms. The molecule has 0 saturated carbocycles. The number of hydrogen-bond donors (Lipinski definition) is 0. The number of fused-ring (bicyclic) bond motifs is 1. The predicted molar refractivity (Wildman–Crippen MR) is 77.1 cm³/mol. The quantitative estimate of drug-likeness (QED) is 0.679. The van der Waals surface area contributed by atoms with Crippen LogP contribution in [0.5, 0.6) is 0 Å². The van der Waals surface area contributed by atoms with Crippen molar-refractivity contribution in [3.05, 3.63) is 70.6 Å². The van der Waals surface area contributed by atoms with Crippen LogP contribution in [0.25, 0.3) is 10.9 Å². The van der Waals surface area contributed by atoms with Crippen molar-refractivity contribution in [3.63, 3.8) is 0 Å². The average Bonchev–Trinajstić information content (AvgIpc) is 2.46. The molecule has 2 aromatic heterocycles. The molecule has 0 fully saturated rings. The standard InChI is InChI=1S/C15H9BrN2O/c16-13-6-12(8-17-9-13)15(19)11-4-3-10-2-1-5-18-14(10)7-11/h1-9H. The summed E-state index contributed by atoms with van der Waals surface area (Å²) in [7, 11) is 0. The molecule has 3 nitrogen and oxygen atoms in total. The zero-order chi connectivity index (χ0) is 13.2. The largest absolute Gasteiger partial charge is 0.289 e. The van der Waals surface area contributed by atoms with Gasteiger partial charge in [-0.25, -0.2) is 0 Å². The lowest BCUT2D eigenvalue weighted by Gasteiger charge is -2.03. The van der Waals surface area contributed by atoms with Crippen LogP contribution in [0.3, 0.4) is 0 Å². The second-order valence-electron chi connectivity index (χ2n) is 4.13. The van der Waals surface area contributed by atoms with Crippen LogP contribution in [0, 0.1) is 0 Å². The summed E-state index contributed by atoms with van der Waals surface area (Å²) in [4.78, 5) is 20.6. The minimum atomic E-state index is -0.0543. The molecule has 0 saturated heterocycles. The lowest BCUT2D eigenvalue weighted by atomic mass is 10.0. The summed E-state index contributed by atoms with van der Waals surface area (Å²) in [6.07, 6.45) is 4.94. The normalized spacial score (nSPS) is 10.6. The van der Waals surface area contributed by atoms with E-state index in [0.29, 0.717) is 11.1 Å². The molecule has 0 aliphatic heterocycles. The lowest BCUT2D eigenvalue weighted by molar-refractivity contribution is 0.103. The fourth-order valence-corrected chi connectivity index (χ4v) is 2.28. The predicted octanol–water partition coefficient (Wildman–Crippen LogP) is 3.62. The van der Waals surface area contributed by atoms with Gasteiger partial charge in [0.2, 0.25) is 0 Å². The van der Waals surface area contributed by atoms with E-state index in [1.165, 1.54) is 0 Å². The molecular weight excluding hydrogens is 304 g/mol. The van der Waals surface area contributed by atoms with Gasteiger partial charge in [0.25, 0.3) is 0 Å². The second-order valence-corrected chi connectivity index (χ2v) is 5.05. The van der Waals surface area contributed by atoms with Crippen LogP contribution in [0.4, 0.5) is 0 Å². The summed E-state index contributed by atoms with van der Waals surface area (Å²) in [5.41, 5.74) is 1.99. The third-order valence-electron chi connectivity index (χ3n) is 2.84. The summed E-state index contributed by atoms with van der Waals surface area (Å²) >= 11 is 3.32. The van der Waals surface area contributed by atoms with Gasteiger partial charge in [-0.3, -0.25) is 14.8 Å². The van der Waals surface area contributed by atoms with Crippen molar-refractivity contribution in [2.45, 2.75) is 0 Å². The first kappa shape index (κ1) is 12.0. The molecule has 1 aromatic carbocycles. The molecule has 3 aromatic rings. The van der Waals surface area contributed by atoms with Crippen molar-refractivity contribution in [1.82, 2.24) is 9.97 Å². The SMILES string of the molecule is O=C(c1cncc(Br)c1)c1ccc2cccnc2c1. The van der Waals surface area contributed by atoms with Gasteiger partial charge in [-0.1, -0.05) is 18.2 Å². The Balaban J connectivity index is 2.06. The highest BCUT2D eigenvalue weighted by Gasteiger charge is 2.10. The van der Waals surface area contributed by atoms with Crippen molar-refractivity contribution in [2.24, 2.45) is 0 Å². The molecule has 0 aliphatic rings. The number of carbonyl (C=O) groups excluding carboxylic acids is 1. The zero-order valence-electron chi connectivity index (χ0n) is 9.88. The molecule has 0 spiro atoms. The minimum Gasteiger partial charge on any atom is -0.289 e. The van der Waals surface area contributed by atoms with Gasteiger partial charge in [-0.2, -0.15) is 0 Å². The van der Waals surface area contributed by atoms with Crippen molar-refractivity contribution in [2.75, 3.05) is 0 Å². The number of nitrogens with zero attached hydrogens (tertiary/aromatic N) is 2. The molecular formula is C15H9BrN2O. The van der Waals surface area contributed by atoms with E-state index in [1.807, 2.05) is 24.3 Å². The number of hydrogen-bond acceptors (Lipinski definition) is 3. The average molecular weight is 313 g/mol. The van der Waals surface area contributed by atoms with Crippen molar-refractivity contribution in [3.8, 4) is 0 Å². The van der Waals surface area contributed by atoms with E-state index in [2.05, 4.69) is 25.9 Å². The van der Waals surface area contributed by atoms with E-state index in [0.717, 1.165) is 15.4 Å². The van der Waals surface area contributed by atoms with Gasteiger partial charge >= 0.3 is 0 Å². The van der Waals surface area contributed by atoms with Crippen molar-refractivity contribution in [1.29, 1.82) is 0 Å². The number of aromatic nitrogens is 2. The van der Waals surface area contributed by atoms with E-state index in [4.69, 9.17) is 0 Å². The molecule has 0 aliphatic carbocycles. The maximum Gasteiger partial charge on any atom is 0.194 e. The highest BCUT2D eigenvalue weighted by molar-refractivity contribution is 9.10. The maximum atomic E-state index is 12.4. The Morgan fingerprint density at radius 1 is 1.05 bits per heavy atom. The van der Waals surface area contributed by atoms with Crippen LogP contribution in [-0.4, -0.2) is 15.8 Å². The van der Waals surface area contributed by atoms with Crippen LogP contribution in [0.15, 0.2) is 59.5 Å². The van der Waals surface area contributed by atoms with Crippen molar-refractivity contribution < 1.29 is 4.79 Å². The van der Waals surface area contributed by atoms with Gasteiger partial charge in [0.1, 0.15) is 0 Å². The van der Waals surface area contributed by atoms with Gasteiger partial charge in [-0.15, -0.1) is 0 Å². The molecule has 0 atom stereocenters. The summed E-state index contributed by atoms with van der Waals surface area (Å²) < 4.78 is 0.789. The Kier molecular flexibility index (Phi) is 3.09. The lowest BCUT2D eigenvalue weighted by Crippen LogP contribution is -2.02. The Hall–Kier alpha value is -2.07. The van der Waals surface area contributed by atoms with Crippen LogP contribution in [0.2, 0.25) is 0 Å². The first-order valence-corrected chi connectivity index (χ1v) is 6.53. The van der Waals surface area contributed by atoms with Crippen LogP contribution < -0.4 is 0 Å². The number of pyridine rings is 2. The molecule has 0 unspecified atom stereocenters. The minimum absolute atomic E-state index is 0.0543. The summed E-state index contributed by atoms with van der Waals surface area (Å²) in [5.74, 6) is -0.0543. The van der Waals surface area contributed by atoms with Crippen LogP contribution in [0.1, 0.15) is 15.9 Å². The Morgan fingerprint density at radius 3 is 2.79 bits per heavy atom. The Bertz CT molecular complexity index is 771. The van der Waals surface area contributed by atoms with Gasteiger partial charge in [0, 0.05) is 39.6 Å². The molecule has 0 radical (unpaired) electrons. The number of rotatable bonds is 2. The fraction of sp³-hybridized carbons (Fsp3) is 0. The molecule has 0 amide bonds. The highest BCUT2D eigenvalue weighted by atomic mass is 79.9. The first-order valence-electron chi connectivity index (χ1n) is 5.74. The number of halogens is 1.